The van der Waals surface area contributed by atoms with E-state index in [1.165, 1.54) is 0 Å². The maximum atomic E-state index is 12.9. The zero-order valence-electron chi connectivity index (χ0n) is 16.3. The van der Waals surface area contributed by atoms with E-state index in [9.17, 15) is 9.59 Å². The highest BCUT2D eigenvalue weighted by molar-refractivity contribution is 5.84. The summed E-state index contributed by atoms with van der Waals surface area (Å²) >= 11 is 0. The third kappa shape index (κ3) is 4.50. The zero-order chi connectivity index (χ0) is 19.9. The lowest BCUT2D eigenvalue weighted by molar-refractivity contribution is -0.131. The lowest BCUT2D eigenvalue weighted by atomic mass is 10.1. The van der Waals surface area contributed by atoms with Crippen molar-refractivity contribution in [3.05, 3.63) is 82.1 Å². The van der Waals surface area contributed by atoms with Crippen LogP contribution < -0.4 is 5.56 Å². The number of carbonyl (C=O) groups is 1. The average Bonchev–Trinajstić information content (AvgIpc) is 2.71. The standard InChI is InChI=1S/C24H24N2O2/c1-3-15-25(16-9-12-20-10-5-4-6-11-20)24(28)18-26-22-14-8-7-13-21(22)19(2)17-23(26)27/h4-8,10-11,13-14,17H,3,15-16,18H2,1-2H3. The first kappa shape index (κ1) is 19.4. The Bertz CT molecular complexity index is 1090. The number of amides is 1. The molecule has 0 saturated heterocycles. The van der Waals surface area contributed by atoms with Crippen LogP contribution in [-0.2, 0) is 11.3 Å². The summed E-state index contributed by atoms with van der Waals surface area (Å²) in [5, 5.41) is 0.987. The molecule has 3 rings (SSSR count). The Balaban J connectivity index is 1.83. The number of nitrogens with zero attached hydrogens (tertiary/aromatic N) is 2. The summed E-state index contributed by atoms with van der Waals surface area (Å²) < 4.78 is 1.55. The molecule has 0 bridgehead atoms. The van der Waals surface area contributed by atoms with Crippen LogP contribution in [0, 0.1) is 18.8 Å². The van der Waals surface area contributed by atoms with Gasteiger partial charge in [0.25, 0.3) is 5.56 Å². The Hall–Kier alpha value is -3.32. The molecule has 4 nitrogen and oxygen atoms in total. The maximum absolute atomic E-state index is 12.9. The third-order valence-electron chi connectivity index (χ3n) is 4.64. The van der Waals surface area contributed by atoms with Gasteiger partial charge >= 0.3 is 0 Å². The quantitative estimate of drug-likeness (QED) is 0.642. The second-order valence-corrected chi connectivity index (χ2v) is 6.75. The topological polar surface area (TPSA) is 42.3 Å². The van der Waals surface area contributed by atoms with Gasteiger partial charge in [-0.05, 0) is 37.1 Å². The summed E-state index contributed by atoms with van der Waals surface area (Å²) in [4.78, 5) is 27.2. The number of para-hydroxylation sites is 1. The van der Waals surface area contributed by atoms with Crippen LogP contribution in [-0.4, -0.2) is 28.5 Å². The number of pyridine rings is 1. The van der Waals surface area contributed by atoms with E-state index in [1.807, 2.05) is 68.4 Å². The van der Waals surface area contributed by atoms with Crippen LogP contribution in [0.3, 0.4) is 0 Å². The van der Waals surface area contributed by atoms with Crippen LogP contribution >= 0.6 is 0 Å². The van der Waals surface area contributed by atoms with Crippen molar-refractivity contribution in [2.45, 2.75) is 26.8 Å². The van der Waals surface area contributed by atoms with Crippen molar-refractivity contribution >= 4 is 16.8 Å². The van der Waals surface area contributed by atoms with Crippen LogP contribution in [0.2, 0.25) is 0 Å². The molecule has 1 heterocycles. The van der Waals surface area contributed by atoms with Gasteiger partial charge in [0, 0.05) is 23.6 Å². The Morgan fingerprint density at radius 3 is 2.54 bits per heavy atom. The first-order valence-corrected chi connectivity index (χ1v) is 9.51. The maximum Gasteiger partial charge on any atom is 0.251 e. The van der Waals surface area contributed by atoms with Crippen LogP contribution in [0.15, 0.2) is 65.5 Å². The molecule has 28 heavy (non-hydrogen) atoms. The fraction of sp³-hybridized carbons (Fsp3) is 0.250. The van der Waals surface area contributed by atoms with E-state index >= 15 is 0 Å². The van der Waals surface area contributed by atoms with Gasteiger partial charge in [-0.3, -0.25) is 14.2 Å². The van der Waals surface area contributed by atoms with Gasteiger partial charge in [-0.1, -0.05) is 55.2 Å². The van der Waals surface area contributed by atoms with Gasteiger partial charge in [-0.2, -0.15) is 0 Å². The van der Waals surface area contributed by atoms with Crippen molar-refractivity contribution in [2.75, 3.05) is 13.1 Å². The molecule has 3 aromatic rings. The first-order valence-electron chi connectivity index (χ1n) is 9.51. The van der Waals surface area contributed by atoms with E-state index in [-0.39, 0.29) is 18.0 Å². The number of benzene rings is 2. The van der Waals surface area contributed by atoms with E-state index in [0.717, 1.165) is 28.5 Å². The molecule has 1 aromatic heterocycles. The second-order valence-electron chi connectivity index (χ2n) is 6.75. The summed E-state index contributed by atoms with van der Waals surface area (Å²) in [6, 6.07) is 19.0. The number of aromatic nitrogens is 1. The summed E-state index contributed by atoms with van der Waals surface area (Å²) in [5.74, 6) is 6.07. The van der Waals surface area contributed by atoms with Crippen molar-refractivity contribution in [1.29, 1.82) is 0 Å². The molecule has 0 saturated carbocycles. The summed E-state index contributed by atoms with van der Waals surface area (Å²) in [7, 11) is 0. The number of hydrogen-bond donors (Lipinski definition) is 0. The van der Waals surface area contributed by atoms with E-state index in [2.05, 4.69) is 11.8 Å². The number of aryl methyl sites for hydroxylation is 1. The van der Waals surface area contributed by atoms with E-state index in [1.54, 1.807) is 15.5 Å². The monoisotopic (exact) mass is 372 g/mol. The minimum Gasteiger partial charge on any atom is -0.330 e. The fourth-order valence-electron chi connectivity index (χ4n) is 3.22. The average molecular weight is 372 g/mol. The van der Waals surface area contributed by atoms with E-state index in [4.69, 9.17) is 0 Å². The lowest BCUT2D eigenvalue weighted by Gasteiger charge is -2.21. The third-order valence-corrected chi connectivity index (χ3v) is 4.64. The van der Waals surface area contributed by atoms with Crippen molar-refractivity contribution in [3.63, 3.8) is 0 Å². The molecule has 2 aromatic carbocycles. The summed E-state index contributed by atoms with van der Waals surface area (Å²) in [5.41, 5.74) is 2.47. The Morgan fingerprint density at radius 2 is 1.79 bits per heavy atom. The molecule has 1 amide bonds. The van der Waals surface area contributed by atoms with Crippen molar-refractivity contribution in [2.24, 2.45) is 0 Å². The van der Waals surface area contributed by atoms with Gasteiger partial charge < -0.3 is 4.90 Å². The fourth-order valence-corrected chi connectivity index (χ4v) is 3.22. The SMILES string of the molecule is CCCN(CC#Cc1ccccc1)C(=O)Cn1c(=O)cc(C)c2ccccc21. The van der Waals surface area contributed by atoms with Gasteiger partial charge in [0.15, 0.2) is 0 Å². The molecule has 0 fully saturated rings. The molecule has 0 spiro atoms. The van der Waals surface area contributed by atoms with Crippen molar-refractivity contribution < 1.29 is 4.79 Å². The van der Waals surface area contributed by atoms with Crippen LogP contribution in [0.4, 0.5) is 0 Å². The molecule has 0 aliphatic rings. The molecule has 142 valence electrons. The Labute approximate surface area is 165 Å². The smallest absolute Gasteiger partial charge is 0.251 e. The van der Waals surface area contributed by atoms with Crippen molar-refractivity contribution in [3.8, 4) is 11.8 Å². The first-order chi connectivity index (χ1) is 13.6. The molecular formula is C24H24N2O2. The van der Waals surface area contributed by atoms with Gasteiger partial charge in [0.05, 0.1) is 12.1 Å². The lowest BCUT2D eigenvalue weighted by Crippen LogP contribution is -2.37. The number of hydrogen-bond acceptors (Lipinski definition) is 2. The molecule has 0 atom stereocenters. The van der Waals surface area contributed by atoms with Crippen LogP contribution in [0.5, 0.6) is 0 Å². The van der Waals surface area contributed by atoms with Crippen LogP contribution in [0.25, 0.3) is 10.9 Å². The number of carbonyl (C=O) groups excluding carboxylic acids is 1. The van der Waals surface area contributed by atoms with Gasteiger partial charge in [-0.15, -0.1) is 0 Å². The highest BCUT2D eigenvalue weighted by atomic mass is 16.2. The predicted molar refractivity (Wildman–Crippen MR) is 113 cm³/mol. The summed E-state index contributed by atoms with van der Waals surface area (Å²) in [6.07, 6.45) is 0.836. The Kier molecular flexibility index (Phi) is 6.29. The molecule has 0 radical (unpaired) electrons. The molecular weight excluding hydrogens is 348 g/mol. The Morgan fingerprint density at radius 1 is 1.07 bits per heavy atom. The van der Waals surface area contributed by atoms with Gasteiger partial charge in [0.2, 0.25) is 5.91 Å². The van der Waals surface area contributed by atoms with E-state index in [0.29, 0.717) is 13.1 Å². The molecule has 4 heteroatoms. The van der Waals surface area contributed by atoms with E-state index < -0.39 is 0 Å². The summed E-state index contributed by atoms with van der Waals surface area (Å²) in [6.45, 7) is 4.92. The molecule has 0 aliphatic heterocycles. The van der Waals surface area contributed by atoms with Crippen LogP contribution in [0.1, 0.15) is 24.5 Å². The van der Waals surface area contributed by atoms with Crippen molar-refractivity contribution in [1.82, 2.24) is 9.47 Å². The zero-order valence-corrected chi connectivity index (χ0v) is 16.3. The number of fused-ring (bicyclic) bond motifs is 1. The van der Waals surface area contributed by atoms with Gasteiger partial charge in [-0.25, -0.2) is 0 Å². The molecule has 0 aliphatic carbocycles. The molecule has 0 unspecified atom stereocenters. The number of rotatable bonds is 5. The predicted octanol–water partition coefficient (Wildman–Crippen LogP) is 3.60. The second kappa shape index (κ2) is 9.05. The largest absolute Gasteiger partial charge is 0.330 e. The highest BCUT2D eigenvalue weighted by Crippen LogP contribution is 2.16. The highest BCUT2D eigenvalue weighted by Gasteiger charge is 2.15. The molecule has 0 N–H and O–H groups in total. The van der Waals surface area contributed by atoms with Gasteiger partial charge in [0.1, 0.15) is 6.54 Å². The minimum atomic E-state index is -0.156. The minimum absolute atomic E-state index is 0.0205. The normalized spacial score (nSPS) is 10.4.